The van der Waals surface area contributed by atoms with Crippen LogP contribution in [0.1, 0.15) is 119 Å². The predicted octanol–water partition coefficient (Wildman–Crippen LogP) is 6.67. The average molecular weight is 792 g/mol. The summed E-state index contributed by atoms with van der Waals surface area (Å²) in [5.74, 6) is -5.26. The van der Waals surface area contributed by atoms with Gasteiger partial charge in [0.1, 0.15) is 11.4 Å². The summed E-state index contributed by atoms with van der Waals surface area (Å²) < 4.78 is 23.8. The Balaban J connectivity index is 3.76. The number of hydrogen-bond acceptors (Lipinski definition) is 9. The zero-order valence-electron chi connectivity index (χ0n) is 36.6. The third kappa shape index (κ3) is 16.6. The molecule has 55 heavy (non-hydrogen) atoms. The molecular formula is C42H75N4O8Si. The number of para-hydroxylation sites is 1. The molecular weight excluding hydrogens is 717 g/mol. The van der Waals surface area contributed by atoms with Gasteiger partial charge in [0.2, 0.25) is 20.9 Å². The summed E-state index contributed by atoms with van der Waals surface area (Å²) in [7, 11) is 0.146. The van der Waals surface area contributed by atoms with Crippen LogP contribution in [0, 0.1) is 46.3 Å². The van der Waals surface area contributed by atoms with Crippen molar-refractivity contribution in [1.82, 2.24) is 10.6 Å². The number of carbonyl (C=O) groups is 4. The molecule has 1 aromatic rings. The Morgan fingerprint density at radius 3 is 1.87 bits per heavy atom. The fraction of sp³-hybridized carbons (Fsp3) is 0.762. The third-order valence-corrected chi connectivity index (χ3v) is 10.8. The first-order valence-electron chi connectivity index (χ1n) is 19.8. The molecule has 1 unspecified atom stereocenters. The monoisotopic (exact) mass is 792 g/mol. The van der Waals surface area contributed by atoms with Gasteiger partial charge in [0.15, 0.2) is 5.85 Å². The quantitative estimate of drug-likeness (QED) is 0.0407. The van der Waals surface area contributed by atoms with Crippen molar-refractivity contribution >= 4 is 32.7 Å². The molecule has 1 radical (unpaired) electrons. The van der Waals surface area contributed by atoms with Crippen LogP contribution < -0.4 is 26.8 Å². The molecule has 0 aliphatic rings. The summed E-state index contributed by atoms with van der Waals surface area (Å²) in [4.78, 5) is 54.6. The molecule has 315 valence electrons. The van der Waals surface area contributed by atoms with Crippen LogP contribution >= 0.6 is 0 Å². The highest BCUT2D eigenvalue weighted by Gasteiger charge is 2.48. The number of nitrogens with two attached hydrogens (primary N) is 2. The lowest BCUT2D eigenvalue weighted by Gasteiger charge is -2.45. The zero-order valence-corrected chi connectivity index (χ0v) is 37.6. The van der Waals surface area contributed by atoms with Crippen LogP contribution in [0.3, 0.4) is 0 Å². The van der Waals surface area contributed by atoms with Gasteiger partial charge in [-0.05, 0) is 109 Å². The smallest absolute Gasteiger partial charge is 0.309 e. The number of esters is 1. The molecule has 0 heterocycles. The van der Waals surface area contributed by atoms with Gasteiger partial charge in [-0.25, -0.2) is 0 Å². The highest BCUT2D eigenvalue weighted by atomic mass is 28.3. The van der Waals surface area contributed by atoms with Crippen LogP contribution in [0.4, 0.5) is 0 Å². The van der Waals surface area contributed by atoms with Gasteiger partial charge in [0.25, 0.3) is 5.91 Å². The van der Waals surface area contributed by atoms with Crippen LogP contribution in [-0.2, 0) is 28.3 Å². The molecule has 0 spiro atoms. The molecule has 0 saturated carbocycles. The van der Waals surface area contributed by atoms with Gasteiger partial charge < -0.3 is 35.0 Å². The van der Waals surface area contributed by atoms with Gasteiger partial charge in [-0.3, -0.25) is 24.9 Å². The number of primary amides is 1. The highest BCUT2D eigenvalue weighted by molar-refractivity contribution is 6.48. The minimum absolute atomic E-state index is 0.0856. The van der Waals surface area contributed by atoms with E-state index in [-0.39, 0.29) is 36.6 Å². The Kier molecular flexibility index (Phi) is 19.6. The molecule has 0 aliphatic carbocycles. The van der Waals surface area contributed by atoms with Crippen LogP contribution in [0.25, 0.3) is 0 Å². The first kappa shape index (κ1) is 50.0. The summed E-state index contributed by atoms with van der Waals surface area (Å²) >= 11 is 0. The number of rotatable bonds is 23. The van der Waals surface area contributed by atoms with E-state index in [0.29, 0.717) is 30.9 Å². The van der Waals surface area contributed by atoms with Gasteiger partial charge in [-0.1, -0.05) is 60.6 Å². The van der Waals surface area contributed by atoms with Crippen molar-refractivity contribution in [1.29, 1.82) is 0 Å². The Morgan fingerprint density at radius 2 is 1.38 bits per heavy atom. The van der Waals surface area contributed by atoms with Crippen LogP contribution in [-0.4, -0.2) is 71.0 Å². The largest absolute Gasteiger partial charge is 0.493 e. The molecule has 1 aromatic carbocycles. The van der Waals surface area contributed by atoms with E-state index in [4.69, 9.17) is 30.1 Å². The number of amides is 3. The average Bonchev–Trinajstić information content (AvgIpc) is 3.02. The van der Waals surface area contributed by atoms with Crippen LogP contribution in [0.5, 0.6) is 5.75 Å². The number of ether oxygens (including phenoxy) is 3. The van der Waals surface area contributed by atoms with Gasteiger partial charge >= 0.3 is 5.97 Å². The van der Waals surface area contributed by atoms with E-state index in [1.54, 1.807) is 39.2 Å². The molecule has 13 heteroatoms. The minimum Gasteiger partial charge on any atom is -0.493 e. The number of benzene rings is 1. The number of unbranched alkanes of at least 4 members (excludes halogenated alkanes) is 1. The van der Waals surface area contributed by atoms with Gasteiger partial charge in [-0.15, -0.1) is 0 Å². The maximum absolute atomic E-state index is 14.5. The maximum Gasteiger partial charge on any atom is 0.309 e. The van der Waals surface area contributed by atoms with E-state index >= 15 is 0 Å². The van der Waals surface area contributed by atoms with Crippen molar-refractivity contribution in [2.24, 2.45) is 57.8 Å². The maximum atomic E-state index is 14.5. The number of hydrogen-bond donors (Lipinski definition) is 4. The number of methoxy groups -OCH3 is 1. The number of nitrogens with one attached hydrogen (secondary N) is 2. The van der Waals surface area contributed by atoms with E-state index in [1.807, 2.05) is 67.6 Å². The first-order valence-corrected chi connectivity index (χ1v) is 22.2. The fourth-order valence-electron chi connectivity index (χ4n) is 6.71. The predicted molar refractivity (Wildman–Crippen MR) is 220 cm³/mol. The molecule has 0 fully saturated rings. The van der Waals surface area contributed by atoms with Crippen molar-refractivity contribution < 1.29 is 37.8 Å². The second-order valence-corrected chi connectivity index (χ2v) is 20.6. The molecule has 12 nitrogen and oxygen atoms in total. The Labute approximate surface area is 334 Å². The van der Waals surface area contributed by atoms with Gasteiger partial charge in [0.05, 0.1) is 23.5 Å². The van der Waals surface area contributed by atoms with Crippen molar-refractivity contribution in [2.45, 2.75) is 133 Å². The Bertz CT molecular complexity index is 1390. The lowest BCUT2D eigenvalue weighted by molar-refractivity contribution is -0.167. The molecule has 0 saturated heterocycles. The summed E-state index contributed by atoms with van der Waals surface area (Å²) in [6.07, 6.45) is 2.14. The molecule has 0 aliphatic heterocycles. The van der Waals surface area contributed by atoms with Gasteiger partial charge in [0, 0.05) is 32.1 Å². The summed E-state index contributed by atoms with van der Waals surface area (Å²) in [6, 6.07) is 7.02. The van der Waals surface area contributed by atoms with E-state index in [9.17, 15) is 19.2 Å². The van der Waals surface area contributed by atoms with E-state index in [0.717, 1.165) is 12.8 Å². The van der Waals surface area contributed by atoms with Gasteiger partial charge in [-0.2, -0.15) is 0 Å². The minimum atomic E-state index is -1.67. The third-order valence-electron chi connectivity index (χ3n) is 10.0. The fourth-order valence-corrected chi connectivity index (χ4v) is 7.59. The zero-order chi connectivity index (χ0) is 42.5. The molecule has 5 atom stereocenters. The first-order chi connectivity index (χ1) is 25.2. The summed E-state index contributed by atoms with van der Waals surface area (Å²) in [5.41, 5.74) is 10.9. The Hall–Kier alpha value is -3.00. The molecule has 3 amide bonds. The van der Waals surface area contributed by atoms with Crippen molar-refractivity contribution in [3.05, 3.63) is 29.8 Å². The lowest BCUT2D eigenvalue weighted by Crippen LogP contribution is -2.65. The lowest BCUT2D eigenvalue weighted by atomic mass is 9.64. The molecule has 1 rings (SSSR count). The normalized spacial score (nSPS) is 15.9. The van der Waals surface area contributed by atoms with E-state index < -0.39 is 66.9 Å². The second-order valence-electron chi connectivity index (χ2n) is 18.6. The molecule has 6 N–H and O–H groups in total. The van der Waals surface area contributed by atoms with Crippen molar-refractivity contribution in [3.8, 4) is 5.75 Å². The van der Waals surface area contributed by atoms with Crippen LogP contribution in [0.2, 0.25) is 13.1 Å². The SMILES string of the molecule is COCCCCOc1ccccc1C(=O)NC(N)(O[Si](C)C)[C@@H](C[C@H](C(=O)OC(C)(C)C)[C@H](C[C@H](C(=O)NCC(C)(C)C(N)=O)C(C)C)C(C)(C)C)C(C)C. The van der Waals surface area contributed by atoms with Crippen molar-refractivity contribution in [3.63, 3.8) is 0 Å². The Morgan fingerprint density at radius 1 is 0.818 bits per heavy atom. The molecule has 0 aromatic heterocycles. The highest BCUT2D eigenvalue weighted by Crippen LogP contribution is 2.44. The summed E-state index contributed by atoms with van der Waals surface area (Å²) in [5, 5.41) is 6.01. The molecule has 0 bridgehead atoms. The van der Waals surface area contributed by atoms with E-state index in [2.05, 4.69) is 31.4 Å². The van der Waals surface area contributed by atoms with Crippen LogP contribution in [0.15, 0.2) is 24.3 Å². The topological polar surface area (TPSA) is 181 Å². The standard InChI is InChI=1S/C42H75N4O8Si/c1-27(2)30(35(47)45-26-41(11,12)38(43)50)24-33(39(5,6)7)31(37(49)53-40(8,9)10)25-32(28(3)4)42(44,54-55(14)15)46-36(48)29-20-16-17-21-34(29)52-23-19-18-22-51-13/h16-17,20-21,27-28,30-33H,18-19,22-26,44H2,1-15H3,(H2,43,50)(H,45,47)(H,46,48)/t30-,31-,32-,33-,42?/m0/s1. The second kappa shape index (κ2) is 21.5. The number of carbonyl (C=O) groups excluding carboxylic acids is 4. The van der Waals surface area contributed by atoms with Crippen molar-refractivity contribution in [2.75, 3.05) is 26.9 Å². The summed E-state index contributed by atoms with van der Waals surface area (Å²) in [6.45, 7) is 28.0. The van der Waals surface area contributed by atoms with E-state index in [1.165, 1.54) is 0 Å².